The first-order valence-corrected chi connectivity index (χ1v) is 6.82. The first-order chi connectivity index (χ1) is 10.3. The molecule has 0 atom stereocenters. The summed E-state index contributed by atoms with van der Waals surface area (Å²) in [7, 11) is 0. The number of imidazole rings is 1. The largest absolute Gasteiger partial charge is 0.326 e. The van der Waals surface area contributed by atoms with Crippen molar-refractivity contribution in [3.8, 4) is 11.4 Å². The minimum atomic E-state index is -0.229. The molecule has 3 aromatic rings. The van der Waals surface area contributed by atoms with Gasteiger partial charge in [0.05, 0.1) is 6.54 Å². The van der Waals surface area contributed by atoms with Crippen LogP contribution in [0.1, 0.15) is 11.1 Å². The van der Waals surface area contributed by atoms with Crippen LogP contribution < -0.4 is 5.73 Å². The Morgan fingerprint density at radius 1 is 1.00 bits per heavy atom. The van der Waals surface area contributed by atoms with Crippen LogP contribution in [-0.2, 0) is 13.1 Å². The Kier molecular flexibility index (Phi) is 3.79. The Labute approximate surface area is 122 Å². The molecule has 2 aromatic carbocycles. The van der Waals surface area contributed by atoms with Crippen LogP contribution in [0.2, 0.25) is 0 Å². The molecule has 21 heavy (non-hydrogen) atoms. The number of nitrogens with two attached hydrogens (primary N) is 1. The highest BCUT2D eigenvalue weighted by molar-refractivity contribution is 5.55. The zero-order valence-corrected chi connectivity index (χ0v) is 11.5. The second-order valence-electron chi connectivity index (χ2n) is 4.84. The summed E-state index contributed by atoms with van der Waals surface area (Å²) in [5.41, 5.74) is 7.72. The van der Waals surface area contributed by atoms with Gasteiger partial charge in [0.25, 0.3) is 0 Å². The number of aromatic nitrogens is 2. The molecule has 0 bridgehead atoms. The first kappa shape index (κ1) is 13.5. The molecule has 3 nitrogen and oxygen atoms in total. The average Bonchev–Trinajstić information content (AvgIpc) is 2.98. The lowest BCUT2D eigenvalue weighted by Crippen LogP contribution is -2.07. The summed E-state index contributed by atoms with van der Waals surface area (Å²) < 4.78 is 16.2. The van der Waals surface area contributed by atoms with Crippen molar-refractivity contribution in [3.05, 3.63) is 77.9 Å². The van der Waals surface area contributed by atoms with Gasteiger partial charge in [-0.2, -0.15) is 0 Å². The maximum atomic E-state index is 14.3. The summed E-state index contributed by atoms with van der Waals surface area (Å²) in [6.45, 7) is 0.638. The molecular weight excluding hydrogens is 265 g/mol. The van der Waals surface area contributed by atoms with Gasteiger partial charge < -0.3 is 10.3 Å². The van der Waals surface area contributed by atoms with Crippen molar-refractivity contribution in [3.63, 3.8) is 0 Å². The van der Waals surface area contributed by atoms with Crippen molar-refractivity contribution < 1.29 is 4.39 Å². The maximum absolute atomic E-state index is 14.3. The van der Waals surface area contributed by atoms with Gasteiger partial charge in [-0.1, -0.05) is 48.5 Å². The summed E-state index contributed by atoms with van der Waals surface area (Å²) >= 11 is 0. The molecule has 0 spiro atoms. The lowest BCUT2D eigenvalue weighted by Gasteiger charge is -2.10. The zero-order chi connectivity index (χ0) is 14.7. The Morgan fingerprint density at radius 2 is 1.76 bits per heavy atom. The van der Waals surface area contributed by atoms with Crippen molar-refractivity contribution >= 4 is 0 Å². The SMILES string of the molecule is NCc1cccc(Cn2ccnc2-c2ccccc2)c1F. The van der Waals surface area contributed by atoms with Crippen LogP contribution in [0.3, 0.4) is 0 Å². The van der Waals surface area contributed by atoms with Crippen LogP contribution in [0.25, 0.3) is 11.4 Å². The number of hydrogen-bond acceptors (Lipinski definition) is 2. The van der Waals surface area contributed by atoms with Gasteiger partial charge >= 0.3 is 0 Å². The van der Waals surface area contributed by atoms with Gasteiger partial charge in [-0.15, -0.1) is 0 Å². The molecule has 1 heterocycles. The van der Waals surface area contributed by atoms with Crippen molar-refractivity contribution in [1.29, 1.82) is 0 Å². The summed E-state index contributed by atoms with van der Waals surface area (Å²) in [5, 5.41) is 0. The van der Waals surface area contributed by atoms with Crippen molar-refractivity contribution in [2.24, 2.45) is 5.73 Å². The van der Waals surface area contributed by atoms with Crippen LogP contribution in [-0.4, -0.2) is 9.55 Å². The molecule has 0 saturated heterocycles. The van der Waals surface area contributed by atoms with E-state index in [0.717, 1.165) is 11.4 Å². The molecule has 0 unspecified atom stereocenters. The van der Waals surface area contributed by atoms with E-state index >= 15 is 0 Å². The van der Waals surface area contributed by atoms with Crippen LogP contribution in [0, 0.1) is 5.82 Å². The highest BCUT2D eigenvalue weighted by Gasteiger charge is 2.10. The van der Waals surface area contributed by atoms with Gasteiger partial charge in [-0.3, -0.25) is 0 Å². The molecule has 0 amide bonds. The standard InChI is InChI=1S/C17H16FN3/c18-16-14(11-19)7-4-8-15(16)12-21-10-9-20-17(21)13-5-2-1-3-6-13/h1-10H,11-12,19H2. The van der Waals surface area contributed by atoms with E-state index in [2.05, 4.69) is 4.98 Å². The smallest absolute Gasteiger partial charge is 0.140 e. The van der Waals surface area contributed by atoms with Crippen LogP contribution in [0.5, 0.6) is 0 Å². The molecule has 0 radical (unpaired) electrons. The Balaban J connectivity index is 1.96. The third-order valence-corrected chi connectivity index (χ3v) is 3.47. The highest BCUT2D eigenvalue weighted by atomic mass is 19.1. The predicted molar refractivity (Wildman–Crippen MR) is 81.1 cm³/mol. The minimum Gasteiger partial charge on any atom is -0.326 e. The molecule has 0 aliphatic heterocycles. The molecule has 3 rings (SSSR count). The van der Waals surface area contributed by atoms with Gasteiger partial charge in [0.1, 0.15) is 11.6 Å². The molecule has 1 aromatic heterocycles. The van der Waals surface area contributed by atoms with Crippen LogP contribution in [0.15, 0.2) is 60.9 Å². The van der Waals surface area contributed by atoms with E-state index in [9.17, 15) is 4.39 Å². The fourth-order valence-corrected chi connectivity index (χ4v) is 2.38. The summed E-state index contributed by atoms with van der Waals surface area (Å²) in [6.07, 6.45) is 3.59. The van der Waals surface area contributed by atoms with Gasteiger partial charge in [-0.25, -0.2) is 9.37 Å². The second-order valence-corrected chi connectivity index (χ2v) is 4.84. The van der Waals surface area contributed by atoms with Gasteiger partial charge in [0.2, 0.25) is 0 Å². The average molecular weight is 281 g/mol. The van der Waals surface area contributed by atoms with E-state index < -0.39 is 0 Å². The lowest BCUT2D eigenvalue weighted by atomic mass is 10.1. The monoisotopic (exact) mass is 281 g/mol. The Hall–Kier alpha value is -2.46. The van der Waals surface area contributed by atoms with Crippen molar-refractivity contribution in [1.82, 2.24) is 9.55 Å². The maximum Gasteiger partial charge on any atom is 0.140 e. The number of nitrogens with zero attached hydrogens (tertiary/aromatic N) is 2. The third kappa shape index (κ3) is 2.71. The molecule has 0 fully saturated rings. The topological polar surface area (TPSA) is 43.8 Å². The summed E-state index contributed by atoms with van der Waals surface area (Å²) in [6, 6.07) is 15.2. The summed E-state index contributed by atoms with van der Waals surface area (Å²) in [5.74, 6) is 0.598. The minimum absolute atomic E-state index is 0.204. The van der Waals surface area contributed by atoms with E-state index in [-0.39, 0.29) is 12.4 Å². The normalized spacial score (nSPS) is 10.8. The molecule has 4 heteroatoms. The van der Waals surface area contributed by atoms with E-state index in [0.29, 0.717) is 17.7 Å². The second kappa shape index (κ2) is 5.89. The fourth-order valence-electron chi connectivity index (χ4n) is 2.38. The van der Waals surface area contributed by atoms with Crippen molar-refractivity contribution in [2.75, 3.05) is 0 Å². The van der Waals surface area contributed by atoms with Gasteiger partial charge in [0.15, 0.2) is 0 Å². The lowest BCUT2D eigenvalue weighted by molar-refractivity contribution is 0.585. The molecule has 0 aliphatic rings. The van der Waals surface area contributed by atoms with Gasteiger partial charge in [-0.05, 0) is 0 Å². The van der Waals surface area contributed by atoms with E-state index in [1.165, 1.54) is 0 Å². The van der Waals surface area contributed by atoms with E-state index in [1.54, 1.807) is 18.3 Å². The number of halogens is 1. The van der Waals surface area contributed by atoms with Gasteiger partial charge in [0, 0.05) is 35.6 Å². The number of rotatable bonds is 4. The molecule has 0 aliphatic carbocycles. The predicted octanol–water partition coefficient (Wildman–Crippen LogP) is 3.20. The number of benzene rings is 2. The highest BCUT2D eigenvalue weighted by Crippen LogP contribution is 2.20. The molecule has 2 N–H and O–H groups in total. The van der Waals surface area contributed by atoms with E-state index in [1.807, 2.05) is 47.2 Å². The fraction of sp³-hybridized carbons (Fsp3) is 0.118. The Bertz CT molecular complexity index is 735. The Morgan fingerprint density at radius 3 is 2.52 bits per heavy atom. The summed E-state index contributed by atoms with van der Waals surface area (Å²) in [4.78, 5) is 4.37. The van der Waals surface area contributed by atoms with Crippen LogP contribution >= 0.6 is 0 Å². The number of hydrogen-bond donors (Lipinski definition) is 1. The van der Waals surface area contributed by atoms with E-state index in [4.69, 9.17) is 5.73 Å². The van der Waals surface area contributed by atoms with Crippen molar-refractivity contribution in [2.45, 2.75) is 13.1 Å². The quantitative estimate of drug-likeness (QED) is 0.798. The molecular formula is C17H16FN3. The first-order valence-electron chi connectivity index (χ1n) is 6.82. The zero-order valence-electron chi connectivity index (χ0n) is 11.5. The molecule has 0 saturated carbocycles. The van der Waals surface area contributed by atoms with Crippen LogP contribution in [0.4, 0.5) is 4.39 Å². The molecule has 106 valence electrons. The third-order valence-electron chi connectivity index (χ3n) is 3.47.